The largest absolute Gasteiger partial charge is 1.00 e. The van der Waals surface area contributed by atoms with Crippen LogP contribution in [0, 0.1) is 0 Å². The zero-order valence-corrected chi connectivity index (χ0v) is 18.9. The number of hydrogen-bond donors (Lipinski definition) is 1. The number of aromatic nitrogens is 3. The summed E-state index contributed by atoms with van der Waals surface area (Å²) in [6, 6.07) is 3.65. The number of nitrogens with zero attached hydrogens (tertiary/aromatic N) is 4. The van der Waals surface area contributed by atoms with Gasteiger partial charge in [-0.3, -0.25) is 4.79 Å². The van der Waals surface area contributed by atoms with E-state index in [2.05, 4.69) is 20.3 Å². The van der Waals surface area contributed by atoms with Crippen LogP contribution in [0.2, 0.25) is 0 Å². The van der Waals surface area contributed by atoms with Crippen molar-refractivity contribution in [3.63, 3.8) is 0 Å². The van der Waals surface area contributed by atoms with Gasteiger partial charge in [0.15, 0.2) is 5.82 Å². The van der Waals surface area contributed by atoms with E-state index in [9.17, 15) is 9.18 Å². The number of pyridine rings is 1. The molecule has 26 heavy (non-hydrogen) atoms. The molecule has 0 radical (unpaired) electrons. The molecular formula is C16H15FKN5OS2. The summed E-state index contributed by atoms with van der Waals surface area (Å²) in [6.07, 6.45) is 3.42. The number of carbonyl (C=O) groups is 1. The molecular weight excluding hydrogens is 400 g/mol. The maximum absolute atomic E-state index is 13.4. The average molecular weight is 416 g/mol. The minimum absolute atomic E-state index is 0. The van der Waals surface area contributed by atoms with Gasteiger partial charge in [0.25, 0.3) is 5.91 Å². The number of alkyl halides is 1. The summed E-state index contributed by atoms with van der Waals surface area (Å²) < 4.78 is 13.9. The molecule has 0 bridgehead atoms. The van der Waals surface area contributed by atoms with E-state index < -0.39 is 6.17 Å². The number of halogens is 1. The number of nitrogens with one attached hydrogen (secondary N) is 1. The van der Waals surface area contributed by atoms with Gasteiger partial charge in [-0.2, -0.15) is 0 Å². The van der Waals surface area contributed by atoms with Gasteiger partial charge in [0.2, 0.25) is 0 Å². The Balaban J connectivity index is 0.00000131. The van der Waals surface area contributed by atoms with Crippen molar-refractivity contribution in [2.24, 2.45) is 0 Å². The molecule has 0 atom stereocenters. The van der Waals surface area contributed by atoms with Crippen LogP contribution in [0.1, 0.15) is 20.0 Å². The molecule has 4 heterocycles. The fourth-order valence-electron chi connectivity index (χ4n) is 2.87. The second kappa shape index (κ2) is 8.68. The summed E-state index contributed by atoms with van der Waals surface area (Å²) in [7, 11) is 0. The number of thioether (sulfide) groups is 1. The van der Waals surface area contributed by atoms with E-state index in [4.69, 9.17) is 12.2 Å². The minimum atomic E-state index is -0.751. The molecule has 2 aromatic rings. The molecule has 0 aromatic carbocycles. The first-order valence-corrected chi connectivity index (χ1v) is 9.08. The second-order valence-electron chi connectivity index (χ2n) is 5.82. The molecule has 0 spiro atoms. The Morgan fingerprint density at radius 1 is 1.35 bits per heavy atom. The molecule has 4 rings (SSSR count). The van der Waals surface area contributed by atoms with Crippen molar-refractivity contribution in [2.75, 3.05) is 18.0 Å². The van der Waals surface area contributed by atoms with E-state index in [1.165, 1.54) is 18.1 Å². The fraction of sp³-hybridized carbons (Fsp3) is 0.312. The Bertz CT molecular complexity index is 908. The molecule has 2 fully saturated rings. The first kappa shape index (κ1) is 20.2. The number of rotatable bonds is 2. The number of piperidine rings is 1. The van der Waals surface area contributed by atoms with Gasteiger partial charge in [-0.1, -0.05) is 24.0 Å². The Kier molecular flexibility index (Phi) is 6.76. The SMILES string of the molecule is O=C1NC(=S)SC1=Cc1ccc2ncnc(N3CCC(F)CC3)c2n1.[H-].[K+]. The van der Waals surface area contributed by atoms with Gasteiger partial charge in [-0.15, -0.1) is 0 Å². The third-order valence-electron chi connectivity index (χ3n) is 4.13. The monoisotopic (exact) mass is 415 g/mol. The van der Waals surface area contributed by atoms with Crippen LogP contribution >= 0.6 is 24.0 Å². The number of hydrogen-bond acceptors (Lipinski definition) is 7. The summed E-state index contributed by atoms with van der Waals surface area (Å²) in [5.74, 6) is 0.489. The maximum atomic E-state index is 13.4. The topological polar surface area (TPSA) is 71.0 Å². The van der Waals surface area contributed by atoms with Gasteiger partial charge in [0.05, 0.1) is 16.1 Å². The normalized spacial score (nSPS) is 19.7. The van der Waals surface area contributed by atoms with Gasteiger partial charge >= 0.3 is 51.4 Å². The Morgan fingerprint density at radius 3 is 2.81 bits per heavy atom. The van der Waals surface area contributed by atoms with E-state index >= 15 is 0 Å². The predicted octanol–water partition coefficient (Wildman–Crippen LogP) is -0.432. The Morgan fingerprint density at radius 2 is 2.12 bits per heavy atom. The van der Waals surface area contributed by atoms with E-state index in [0.29, 0.717) is 57.7 Å². The van der Waals surface area contributed by atoms with Gasteiger partial charge in [-0.25, -0.2) is 19.3 Å². The molecule has 6 nitrogen and oxygen atoms in total. The van der Waals surface area contributed by atoms with Crippen LogP contribution in [0.3, 0.4) is 0 Å². The van der Waals surface area contributed by atoms with Crippen LogP contribution in [0.25, 0.3) is 17.1 Å². The van der Waals surface area contributed by atoms with Gasteiger partial charge in [0, 0.05) is 13.1 Å². The molecule has 2 aliphatic rings. The quantitative estimate of drug-likeness (QED) is 0.405. The summed E-state index contributed by atoms with van der Waals surface area (Å²) >= 11 is 6.21. The molecule has 130 valence electrons. The number of anilines is 1. The number of amides is 1. The zero-order valence-electron chi connectivity index (χ0n) is 15.1. The number of thiocarbonyl (C=S) groups is 1. The second-order valence-corrected chi connectivity index (χ2v) is 7.53. The van der Waals surface area contributed by atoms with Crippen molar-refractivity contribution in [1.82, 2.24) is 20.3 Å². The third-order valence-corrected chi connectivity index (χ3v) is 5.29. The Labute approximate surface area is 203 Å². The molecule has 1 amide bonds. The van der Waals surface area contributed by atoms with Crippen LogP contribution in [0.5, 0.6) is 0 Å². The molecule has 10 heteroatoms. The molecule has 2 aromatic heterocycles. The number of carbonyl (C=O) groups excluding carboxylic acids is 1. The molecule has 2 aliphatic heterocycles. The first-order chi connectivity index (χ1) is 12.1. The van der Waals surface area contributed by atoms with Gasteiger partial charge in [-0.05, 0) is 31.1 Å². The smallest absolute Gasteiger partial charge is 1.00 e. The van der Waals surface area contributed by atoms with Crippen molar-refractivity contribution >= 4 is 57.1 Å². The van der Waals surface area contributed by atoms with Crippen molar-refractivity contribution in [2.45, 2.75) is 19.0 Å². The average Bonchev–Trinajstić information content (AvgIpc) is 2.92. The van der Waals surface area contributed by atoms with Gasteiger partial charge < -0.3 is 11.6 Å². The maximum Gasteiger partial charge on any atom is 1.00 e. The van der Waals surface area contributed by atoms with E-state index in [0.717, 1.165) is 0 Å². The fourth-order valence-corrected chi connectivity index (χ4v) is 3.90. The van der Waals surface area contributed by atoms with Crippen LogP contribution in [0.4, 0.5) is 10.2 Å². The summed E-state index contributed by atoms with van der Waals surface area (Å²) in [4.78, 5) is 27.6. The minimum Gasteiger partial charge on any atom is -1.00 e. The van der Waals surface area contributed by atoms with Crippen LogP contribution in [-0.4, -0.2) is 44.4 Å². The van der Waals surface area contributed by atoms with E-state index in [1.54, 1.807) is 12.1 Å². The van der Waals surface area contributed by atoms with Gasteiger partial charge in [0.1, 0.15) is 22.3 Å². The summed E-state index contributed by atoms with van der Waals surface area (Å²) in [6.45, 7) is 1.21. The number of fused-ring (bicyclic) bond motifs is 1. The van der Waals surface area contributed by atoms with Crippen molar-refractivity contribution in [1.29, 1.82) is 0 Å². The van der Waals surface area contributed by atoms with Crippen molar-refractivity contribution in [3.8, 4) is 0 Å². The van der Waals surface area contributed by atoms with E-state index in [-0.39, 0.29) is 58.7 Å². The standard InChI is InChI=1S/C16H14FN5OS2.K.H/c17-9-3-5-22(6-4-9)14-13-11(18-8-19-14)2-1-10(20-13)7-12-15(23)21-16(24)25-12;;/h1-2,7-9H,3-6H2,(H,21,23,24);;/q;+1;-1. The van der Waals surface area contributed by atoms with Crippen LogP contribution in [0.15, 0.2) is 23.4 Å². The first-order valence-electron chi connectivity index (χ1n) is 7.86. The van der Waals surface area contributed by atoms with E-state index in [1.807, 2.05) is 11.0 Å². The molecule has 2 saturated heterocycles. The summed E-state index contributed by atoms with van der Waals surface area (Å²) in [5, 5.41) is 2.58. The molecule has 0 aliphatic carbocycles. The Hall–Kier alpha value is -0.494. The zero-order chi connectivity index (χ0) is 17.4. The third kappa shape index (κ3) is 4.32. The van der Waals surface area contributed by atoms with Crippen molar-refractivity contribution in [3.05, 3.63) is 29.1 Å². The van der Waals surface area contributed by atoms with Crippen LogP contribution in [-0.2, 0) is 4.79 Å². The molecule has 0 unspecified atom stereocenters. The molecule has 0 saturated carbocycles. The van der Waals surface area contributed by atoms with Crippen molar-refractivity contribution < 1.29 is 62.0 Å². The van der Waals surface area contributed by atoms with Crippen LogP contribution < -0.4 is 61.6 Å². The predicted molar refractivity (Wildman–Crippen MR) is 101 cm³/mol. The summed E-state index contributed by atoms with van der Waals surface area (Å²) in [5.41, 5.74) is 2.00. The molecule has 1 N–H and O–H groups in total.